The van der Waals surface area contributed by atoms with Crippen molar-refractivity contribution < 1.29 is 9.59 Å². The molecule has 0 aromatic heterocycles. The van der Waals surface area contributed by atoms with Gasteiger partial charge in [0.25, 0.3) is 5.91 Å². The van der Waals surface area contributed by atoms with Gasteiger partial charge in [0.15, 0.2) is 0 Å². The van der Waals surface area contributed by atoms with Gasteiger partial charge in [0.1, 0.15) is 0 Å². The summed E-state index contributed by atoms with van der Waals surface area (Å²) in [4.78, 5) is 25.6. The summed E-state index contributed by atoms with van der Waals surface area (Å²) in [6, 6.07) is 14.8. The Bertz CT molecular complexity index is 695. The third-order valence-electron chi connectivity index (χ3n) is 3.30. The van der Waals surface area contributed by atoms with E-state index in [1.165, 1.54) is 6.92 Å². The van der Waals surface area contributed by atoms with Crippen molar-refractivity contribution in [3.63, 3.8) is 0 Å². The molecule has 114 valence electrons. The second-order valence-corrected chi connectivity index (χ2v) is 5.15. The molecule has 22 heavy (non-hydrogen) atoms. The van der Waals surface area contributed by atoms with Crippen LogP contribution in [0.2, 0.25) is 0 Å². The average molecular weight is 296 g/mol. The first-order chi connectivity index (χ1) is 10.5. The molecule has 2 aromatic rings. The number of rotatable bonds is 4. The molecule has 0 aliphatic carbocycles. The van der Waals surface area contributed by atoms with Crippen LogP contribution in [0.4, 0.5) is 11.4 Å². The Balaban J connectivity index is 2.30. The maximum atomic E-state index is 12.7. The van der Waals surface area contributed by atoms with Crippen LogP contribution in [0, 0.1) is 6.92 Å². The molecule has 4 heteroatoms. The Morgan fingerprint density at radius 3 is 2.45 bits per heavy atom. The van der Waals surface area contributed by atoms with E-state index >= 15 is 0 Å². The zero-order chi connectivity index (χ0) is 16.1. The molecule has 2 rings (SSSR count). The van der Waals surface area contributed by atoms with Crippen LogP contribution in [0.5, 0.6) is 0 Å². The number of aryl methyl sites for hydroxylation is 1. The molecule has 0 unspecified atom stereocenters. The fourth-order valence-electron chi connectivity index (χ4n) is 2.33. The largest absolute Gasteiger partial charge is 0.326 e. The molecule has 1 N–H and O–H groups in total. The molecule has 0 bridgehead atoms. The van der Waals surface area contributed by atoms with E-state index in [1.54, 1.807) is 29.2 Å². The summed E-state index contributed by atoms with van der Waals surface area (Å²) in [6.07, 6.45) is 0. The molecule has 0 aliphatic heterocycles. The van der Waals surface area contributed by atoms with Gasteiger partial charge in [0.2, 0.25) is 5.91 Å². The number of benzene rings is 2. The molecule has 0 radical (unpaired) electrons. The van der Waals surface area contributed by atoms with Crippen molar-refractivity contribution in [2.75, 3.05) is 16.8 Å². The molecule has 0 fully saturated rings. The van der Waals surface area contributed by atoms with Gasteiger partial charge >= 0.3 is 0 Å². The predicted molar refractivity (Wildman–Crippen MR) is 89.3 cm³/mol. The highest BCUT2D eigenvalue weighted by atomic mass is 16.2. The highest BCUT2D eigenvalue weighted by Gasteiger charge is 2.16. The lowest BCUT2D eigenvalue weighted by Gasteiger charge is -2.22. The van der Waals surface area contributed by atoms with Crippen molar-refractivity contribution in [3.8, 4) is 0 Å². The van der Waals surface area contributed by atoms with Crippen molar-refractivity contribution in [2.45, 2.75) is 20.8 Å². The lowest BCUT2D eigenvalue weighted by molar-refractivity contribution is -0.114. The van der Waals surface area contributed by atoms with E-state index in [1.807, 2.05) is 38.1 Å². The minimum absolute atomic E-state index is 0.0831. The normalized spacial score (nSPS) is 10.1. The molecule has 4 nitrogen and oxygen atoms in total. The van der Waals surface area contributed by atoms with Crippen LogP contribution in [0.15, 0.2) is 48.5 Å². The molecular weight excluding hydrogens is 276 g/mol. The van der Waals surface area contributed by atoms with E-state index in [0.29, 0.717) is 17.8 Å². The Hall–Kier alpha value is -2.62. The fourth-order valence-corrected chi connectivity index (χ4v) is 2.33. The Morgan fingerprint density at radius 2 is 1.82 bits per heavy atom. The van der Waals surface area contributed by atoms with Crippen molar-refractivity contribution in [2.24, 2.45) is 0 Å². The van der Waals surface area contributed by atoms with Gasteiger partial charge in [-0.3, -0.25) is 9.59 Å². The SMILES string of the molecule is CCN(C(=O)c1cccc(NC(C)=O)c1)c1cccc(C)c1. The van der Waals surface area contributed by atoms with Gasteiger partial charge in [0.05, 0.1) is 0 Å². The first kappa shape index (κ1) is 15.8. The van der Waals surface area contributed by atoms with E-state index in [4.69, 9.17) is 0 Å². The number of hydrogen-bond donors (Lipinski definition) is 1. The molecule has 0 saturated heterocycles. The number of hydrogen-bond acceptors (Lipinski definition) is 2. The monoisotopic (exact) mass is 296 g/mol. The van der Waals surface area contributed by atoms with E-state index in [9.17, 15) is 9.59 Å². The van der Waals surface area contributed by atoms with Crippen molar-refractivity contribution in [1.82, 2.24) is 0 Å². The minimum atomic E-state index is -0.157. The molecular formula is C18H20N2O2. The maximum Gasteiger partial charge on any atom is 0.258 e. The van der Waals surface area contributed by atoms with Crippen LogP contribution in [-0.4, -0.2) is 18.4 Å². The molecule has 2 amide bonds. The van der Waals surface area contributed by atoms with E-state index in [2.05, 4.69) is 5.32 Å². The van der Waals surface area contributed by atoms with Crippen LogP contribution in [-0.2, 0) is 4.79 Å². The molecule has 0 atom stereocenters. The predicted octanol–water partition coefficient (Wildman–Crippen LogP) is 3.62. The van der Waals surface area contributed by atoms with E-state index < -0.39 is 0 Å². The lowest BCUT2D eigenvalue weighted by Crippen LogP contribution is -2.30. The highest BCUT2D eigenvalue weighted by molar-refractivity contribution is 6.07. The third kappa shape index (κ3) is 3.73. The second kappa shape index (κ2) is 6.89. The van der Waals surface area contributed by atoms with Gasteiger partial charge in [-0.2, -0.15) is 0 Å². The summed E-state index contributed by atoms with van der Waals surface area (Å²) in [5, 5.41) is 2.70. The van der Waals surface area contributed by atoms with Gasteiger partial charge in [-0.25, -0.2) is 0 Å². The van der Waals surface area contributed by atoms with Crippen molar-refractivity contribution in [1.29, 1.82) is 0 Å². The highest BCUT2D eigenvalue weighted by Crippen LogP contribution is 2.20. The summed E-state index contributed by atoms with van der Waals surface area (Å²) in [5.41, 5.74) is 3.15. The third-order valence-corrected chi connectivity index (χ3v) is 3.30. The van der Waals surface area contributed by atoms with Crippen LogP contribution >= 0.6 is 0 Å². The standard InChI is InChI=1S/C18H20N2O2/c1-4-20(17-10-5-7-13(2)11-17)18(22)15-8-6-9-16(12-15)19-14(3)21/h5-12H,4H2,1-3H3,(H,19,21). The van der Waals surface area contributed by atoms with Crippen LogP contribution in [0.25, 0.3) is 0 Å². The van der Waals surface area contributed by atoms with Gasteiger partial charge in [-0.05, 0) is 49.7 Å². The fraction of sp³-hybridized carbons (Fsp3) is 0.222. The molecule has 2 aromatic carbocycles. The van der Waals surface area contributed by atoms with E-state index in [-0.39, 0.29) is 11.8 Å². The molecule has 0 heterocycles. The lowest BCUT2D eigenvalue weighted by atomic mass is 10.1. The smallest absolute Gasteiger partial charge is 0.258 e. The summed E-state index contributed by atoms with van der Waals surface area (Å²) < 4.78 is 0. The first-order valence-electron chi connectivity index (χ1n) is 7.27. The Labute approximate surface area is 130 Å². The van der Waals surface area contributed by atoms with Gasteiger partial charge < -0.3 is 10.2 Å². The number of nitrogens with one attached hydrogen (secondary N) is 1. The van der Waals surface area contributed by atoms with Gasteiger partial charge in [0, 0.05) is 30.4 Å². The van der Waals surface area contributed by atoms with Crippen LogP contribution in [0.1, 0.15) is 29.8 Å². The van der Waals surface area contributed by atoms with E-state index in [0.717, 1.165) is 11.3 Å². The zero-order valence-corrected chi connectivity index (χ0v) is 13.1. The summed E-state index contributed by atoms with van der Waals surface area (Å²) in [6.45, 7) is 5.96. The molecule has 0 aliphatic rings. The van der Waals surface area contributed by atoms with Crippen LogP contribution < -0.4 is 10.2 Å². The quantitative estimate of drug-likeness (QED) is 0.936. The van der Waals surface area contributed by atoms with Gasteiger partial charge in [-0.15, -0.1) is 0 Å². The molecule has 0 spiro atoms. The maximum absolute atomic E-state index is 12.7. The Kier molecular flexibility index (Phi) is 4.94. The first-order valence-corrected chi connectivity index (χ1v) is 7.27. The number of nitrogens with zero attached hydrogens (tertiary/aromatic N) is 1. The minimum Gasteiger partial charge on any atom is -0.326 e. The summed E-state index contributed by atoms with van der Waals surface area (Å²) >= 11 is 0. The van der Waals surface area contributed by atoms with Crippen molar-refractivity contribution >= 4 is 23.2 Å². The zero-order valence-electron chi connectivity index (χ0n) is 13.1. The van der Waals surface area contributed by atoms with Crippen LogP contribution in [0.3, 0.4) is 0 Å². The average Bonchev–Trinajstić information content (AvgIpc) is 2.47. The summed E-state index contributed by atoms with van der Waals surface area (Å²) in [7, 11) is 0. The van der Waals surface area contributed by atoms with Gasteiger partial charge in [-0.1, -0.05) is 18.2 Å². The molecule has 0 saturated carbocycles. The van der Waals surface area contributed by atoms with Crippen molar-refractivity contribution in [3.05, 3.63) is 59.7 Å². The second-order valence-electron chi connectivity index (χ2n) is 5.15. The Morgan fingerprint density at radius 1 is 1.09 bits per heavy atom. The number of carbonyl (C=O) groups is 2. The number of amides is 2. The topological polar surface area (TPSA) is 49.4 Å². The number of carbonyl (C=O) groups excluding carboxylic acids is 2. The summed E-state index contributed by atoms with van der Waals surface area (Å²) in [5.74, 6) is -0.240. The number of anilines is 2.